The van der Waals surface area contributed by atoms with Crippen molar-refractivity contribution in [3.63, 3.8) is 0 Å². The molecule has 0 aliphatic carbocycles. The van der Waals surface area contributed by atoms with Crippen LogP contribution in [0.4, 0.5) is 11.4 Å². The van der Waals surface area contributed by atoms with Crippen LogP contribution in [0.1, 0.15) is 6.92 Å². The quantitative estimate of drug-likeness (QED) is 0.575. The van der Waals surface area contributed by atoms with Crippen LogP contribution in [0, 0.1) is 0 Å². The lowest BCUT2D eigenvalue weighted by Gasteiger charge is -2.13. The maximum Gasteiger partial charge on any atom is 0.164 e. The summed E-state index contributed by atoms with van der Waals surface area (Å²) >= 11 is -2.58. The van der Waals surface area contributed by atoms with Gasteiger partial charge in [0.15, 0.2) is 5.75 Å². The van der Waals surface area contributed by atoms with Gasteiger partial charge in [0.1, 0.15) is 11.4 Å². The van der Waals surface area contributed by atoms with Gasteiger partial charge in [-0.3, -0.25) is 0 Å². The van der Waals surface area contributed by atoms with Crippen LogP contribution in [0.5, 0.6) is 5.75 Å². The Hall–Kier alpha value is -1.27. The molecule has 14 heavy (non-hydrogen) atoms. The highest BCUT2D eigenvalue weighted by molar-refractivity contribution is 7.74. The van der Waals surface area contributed by atoms with E-state index in [4.69, 9.17) is 5.73 Å². The molecule has 1 aromatic rings. The van der Waals surface area contributed by atoms with Crippen LogP contribution >= 0.6 is 0 Å². The minimum absolute atomic E-state index is 0.209. The summed E-state index contributed by atoms with van der Waals surface area (Å²) in [5.74, 6) is 0.209. The highest BCUT2D eigenvalue weighted by atomic mass is 32.2. The summed E-state index contributed by atoms with van der Waals surface area (Å²) in [5, 5.41) is 2.95. The zero-order chi connectivity index (χ0) is 10.6. The predicted molar refractivity (Wildman–Crippen MR) is 54.6 cm³/mol. The standard InChI is InChI=1S/C8H12N2O3S/c1-2-10-7-4-3-6(9)5-8(7)13-14(11)12/h3-5,10H,2,9H2,1H3,(H,11,12)/p-1. The summed E-state index contributed by atoms with van der Waals surface area (Å²) < 4.78 is 25.2. The molecule has 1 rings (SSSR count). The molecule has 1 unspecified atom stereocenters. The highest BCUT2D eigenvalue weighted by Crippen LogP contribution is 2.27. The minimum atomic E-state index is -2.58. The van der Waals surface area contributed by atoms with Crippen LogP contribution < -0.4 is 15.2 Å². The first kappa shape index (κ1) is 10.8. The molecule has 0 aromatic heterocycles. The summed E-state index contributed by atoms with van der Waals surface area (Å²) in [6, 6.07) is 4.79. The van der Waals surface area contributed by atoms with Crippen molar-refractivity contribution in [3.05, 3.63) is 18.2 Å². The van der Waals surface area contributed by atoms with Crippen molar-refractivity contribution in [1.29, 1.82) is 0 Å². The summed E-state index contributed by atoms with van der Waals surface area (Å²) in [6.45, 7) is 2.57. The average Bonchev–Trinajstić information content (AvgIpc) is 2.09. The number of hydrogen-bond acceptors (Lipinski definition) is 5. The lowest BCUT2D eigenvalue weighted by Crippen LogP contribution is -2.04. The molecule has 0 aliphatic rings. The molecule has 5 nitrogen and oxygen atoms in total. The van der Waals surface area contributed by atoms with Gasteiger partial charge in [-0.15, -0.1) is 0 Å². The summed E-state index contributed by atoms with van der Waals surface area (Å²) in [6.07, 6.45) is 0. The molecule has 0 saturated carbocycles. The van der Waals surface area contributed by atoms with Gasteiger partial charge in [0.2, 0.25) is 0 Å². The SMILES string of the molecule is CCNc1ccc(N)cc1OS(=O)[O-]. The molecule has 0 heterocycles. The lowest BCUT2D eigenvalue weighted by atomic mass is 10.2. The fraction of sp³-hybridized carbons (Fsp3) is 0.250. The average molecular weight is 215 g/mol. The second kappa shape index (κ2) is 4.83. The fourth-order valence-corrected chi connectivity index (χ4v) is 1.30. The van der Waals surface area contributed by atoms with E-state index in [2.05, 4.69) is 9.50 Å². The molecule has 0 saturated heterocycles. The maximum absolute atomic E-state index is 10.3. The van der Waals surface area contributed by atoms with Crippen molar-refractivity contribution in [1.82, 2.24) is 0 Å². The zero-order valence-electron chi connectivity index (χ0n) is 7.65. The van der Waals surface area contributed by atoms with Gasteiger partial charge in [-0.1, -0.05) is 0 Å². The number of nitrogens with one attached hydrogen (secondary N) is 1. The normalized spacial score (nSPS) is 12.1. The Bertz CT molecular complexity index is 343. The molecule has 0 aliphatic heterocycles. The van der Waals surface area contributed by atoms with Crippen LogP contribution in [0.25, 0.3) is 0 Å². The van der Waals surface area contributed by atoms with E-state index in [1.165, 1.54) is 6.07 Å². The van der Waals surface area contributed by atoms with Gasteiger partial charge in [0, 0.05) is 18.3 Å². The van der Waals surface area contributed by atoms with Crippen LogP contribution in [0.2, 0.25) is 0 Å². The Labute approximate surface area is 84.8 Å². The Morgan fingerprint density at radius 2 is 2.36 bits per heavy atom. The van der Waals surface area contributed by atoms with E-state index in [9.17, 15) is 8.76 Å². The number of hydrogen-bond donors (Lipinski definition) is 2. The number of rotatable bonds is 4. The third kappa shape index (κ3) is 2.90. The van der Waals surface area contributed by atoms with Gasteiger partial charge >= 0.3 is 0 Å². The van der Waals surface area contributed by atoms with E-state index >= 15 is 0 Å². The summed E-state index contributed by atoms with van der Waals surface area (Å²) in [5.41, 5.74) is 6.54. The molecular formula is C8H11N2O3S-. The van der Waals surface area contributed by atoms with Crippen molar-refractivity contribution in [3.8, 4) is 5.75 Å². The minimum Gasteiger partial charge on any atom is -0.740 e. The van der Waals surface area contributed by atoms with Gasteiger partial charge in [-0.2, -0.15) is 0 Å². The first-order valence-electron chi connectivity index (χ1n) is 4.04. The summed E-state index contributed by atoms with van der Waals surface area (Å²) in [7, 11) is 0. The van der Waals surface area contributed by atoms with Gasteiger partial charge in [0.25, 0.3) is 0 Å². The second-order valence-electron chi connectivity index (χ2n) is 2.57. The monoisotopic (exact) mass is 215 g/mol. The Morgan fingerprint density at radius 3 is 2.93 bits per heavy atom. The Morgan fingerprint density at radius 1 is 1.64 bits per heavy atom. The first-order valence-corrected chi connectivity index (χ1v) is 5.04. The van der Waals surface area contributed by atoms with E-state index in [-0.39, 0.29) is 5.75 Å². The number of nitrogens with two attached hydrogens (primary N) is 1. The van der Waals surface area contributed by atoms with E-state index in [1.807, 2.05) is 6.92 Å². The van der Waals surface area contributed by atoms with Crippen molar-refractivity contribution in [2.45, 2.75) is 6.92 Å². The smallest absolute Gasteiger partial charge is 0.164 e. The molecule has 0 radical (unpaired) electrons. The molecule has 0 amide bonds. The Balaban J connectivity index is 2.96. The molecule has 0 bridgehead atoms. The molecule has 0 fully saturated rings. The predicted octanol–water partition coefficient (Wildman–Crippen LogP) is 0.874. The maximum atomic E-state index is 10.3. The number of anilines is 2. The van der Waals surface area contributed by atoms with Gasteiger partial charge in [-0.25, -0.2) is 4.21 Å². The molecule has 78 valence electrons. The van der Waals surface area contributed by atoms with Gasteiger partial charge < -0.3 is 19.8 Å². The van der Waals surface area contributed by atoms with Crippen molar-refractivity contribution < 1.29 is 12.9 Å². The molecule has 1 atom stereocenters. The molecule has 0 spiro atoms. The number of benzene rings is 1. The van der Waals surface area contributed by atoms with Crippen molar-refractivity contribution in [2.75, 3.05) is 17.6 Å². The molecular weight excluding hydrogens is 204 g/mol. The fourth-order valence-electron chi connectivity index (χ4n) is 1.02. The van der Waals surface area contributed by atoms with Crippen molar-refractivity contribution >= 4 is 22.7 Å². The third-order valence-corrected chi connectivity index (χ3v) is 1.85. The summed E-state index contributed by atoms with van der Waals surface area (Å²) in [4.78, 5) is 0. The van der Waals surface area contributed by atoms with E-state index < -0.39 is 11.4 Å². The van der Waals surface area contributed by atoms with E-state index in [0.29, 0.717) is 17.9 Å². The number of nitrogen functional groups attached to an aromatic ring is 1. The van der Waals surface area contributed by atoms with Crippen molar-refractivity contribution in [2.24, 2.45) is 0 Å². The first-order chi connectivity index (χ1) is 6.63. The van der Waals surface area contributed by atoms with Crippen LogP contribution in [-0.2, 0) is 11.4 Å². The van der Waals surface area contributed by atoms with Crippen LogP contribution in [-0.4, -0.2) is 15.3 Å². The second-order valence-corrected chi connectivity index (χ2v) is 3.15. The molecule has 3 N–H and O–H groups in total. The van der Waals surface area contributed by atoms with Crippen LogP contribution in [0.3, 0.4) is 0 Å². The highest BCUT2D eigenvalue weighted by Gasteiger charge is 2.03. The van der Waals surface area contributed by atoms with E-state index in [0.717, 1.165) is 0 Å². The third-order valence-electron chi connectivity index (χ3n) is 1.53. The Kier molecular flexibility index (Phi) is 3.73. The van der Waals surface area contributed by atoms with E-state index in [1.54, 1.807) is 12.1 Å². The van der Waals surface area contributed by atoms with Crippen LogP contribution in [0.15, 0.2) is 18.2 Å². The lowest BCUT2D eigenvalue weighted by molar-refractivity contribution is 0.441. The zero-order valence-corrected chi connectivity index (χ0v) is 8.47. The largest absolute Gasteiger partial charge is 0.740 e. The topological polar surface area (TPSA) is 87.4 Å². The van der Waals surface area contributed by atoms with Gasteiger partial charge in [0.05, 0.1) is 5.69 Å². The molecule has 1 aromatic carbocycles. The van der Waals surface area contributed by atoms with Gasteiger partial charge in [-0.05, 0) is 19.1 Å². The molecule has 6 heteroatoms.